The Morgan fingerprint density at radius 2 is 0.947 bits per heavy atom. The minimum absolute atomic E-state index is 0. The summed E-state index contributed by atoms with van der Waals surface area (Å²) in [4.78, 5) is 20.7. The molecule has 0 aliphatic carbocycles. The zero-order valence-electron chi connectivity index (χ0n) is 19.3. The SMILES string of the molecule is Ic1ccccc1N(I)I.O=C(O)c1ccc(C(=O)O)cc1.[Zn].c1cn[nH]n1.c1cn[nH]n1.c1cn[nH]n1. The number of aromatic nitrogens is 9. The molecule has 3 aromatic heterocycles. The molecular weight excluding hydrogens is 890 g/mol. The smallest absolute Gasteiger partial charge is 0.335 e. The molecule has 18 heteroatoms. The Morgan fingerprint density at radius 1 is 0.632 bits per heavy atom. The number of anilines is 1. The quantitative estimate of drug-likeness (QED) is 0.0983. The van der Waals surface area contributed by atoms with E-state index in [0.717, 1.165) is 0 Å². The Balaban J connectivity index is 0.000000471. The average Bonchev–Trinajstić information content (AvgIpc) is 3.72. The van der Waals surface area contributed by atoms with Crippen LogP contribution in [-0.2, 0) is 19.5 Å². The molecule has 5 aromatic rings. The van der Waals surface area contributed by atoms with Crippen LogP contribution >= 0.6 is 68.3 Å². The Labute approximate surface area is 270 Å². The summed E-state index contributed by atoms with van der Waals surface area (Å²) in [7, 11) is 0. The third-order valence-electron chi connectivity index (χ3n) is 3.41. The number of benzene rings is 2. The van der Waals surface area contributed by atoms with Crippen molar-refractivity contribution in [1.82, 2.24) is 46.2 Å². The molecule has 5 rings (SSSR count). The number of halogens is 3. The summed E-state index contributed by atoms with van der Waals surface area (Å²) < 4.78 is 3.33. The van der Waals surface area contributed by atoms with Crippen LogP contribution < -0.4 is 1.33 Å². The fraction of sp³-hybridized carbons (Fsp3) is 0. The van der Waals surface area contributed by atoms with E-state index in [-0.39, 0.29) is 30.6 Å². The fourth-order valence-corrected chi connectivity index (χ4v) is 4.24. The van der Waals surface area contributed by atoms with Crippen molar-refractivity contribution in [3.63, 3.8) is 0 Å². The maximum Gasteiger partial charge on any atom is 0.335 e. The van der Waals surface area contributed by atoms with Crippen molar-refractivity contribution >= 4 is 85.9 Å². The fourth-order valence-electron chi connectivity index (χ4n) is 1.84. The van der Waals surface area contributed by atoms with Crippen LogP contribution in [0, 0.1) is 3.57 Å². The van der Waals surface area contributed by atoms with Gasteiger partial charge in [0.1, 0.15) is 0 Å². The summed E-state index contributed by atoms with van der Waals surface area (Å²) in [5.74, 6) is -2.13. The molecule has 0 aliphatic rings. The van der Waals surface area contributed by atoms with Crippen LogP contribution in [0.1, 0.15) is 20.7 Å². The molecule has 5 N–H and O–H groups in total. The van der Waals surface area contributed by atoms with Gasteiger partial charge in [0.25, 0.3) is 0 Å². The second-order valence-electron chi connectivity index (χ2n) is 5.84. The Kier molecular flexibility index (Phi) is 20.9. The molecule has 0 radical (unpaired) electrons. The predicted octanol–water partition coefficient (Wildman–Crippen LogP) is 4.29. The average molecular weight is 910 g/mol. The van der Waals surface area contributed by atoms with Gasteiger partial charge in [-0.05, 0) is 59.0 Å². The summed E-state index contributed by atoms with van der Waals surface area (Å²) in [6.07, 6.45) is 9.50. The number of carboxylic acid groups (broad SMARTS) is 2. The molecular formula is C20H19I3N10O4Zn. The summed E-state index contributed by atoms with van der Waals surface area (Å²) >= 11 is 6.82. The van der Waals surface area contributed by atoms with Gasteiger partial charge in [0.15, 0.2) is 0 Å². The number of hydrogen-bond donors (Lipinski definition) is 5. The van der Waals surface area contributed by atoms with E-state index < -0.39 is 11.9 Å². The molecule has 196 valence electrons. The summed E-state index contributed by atoms with van der Waals surface area (Å²) in [6, 6.07) is 13.3. The van der Waals surface area contributed by atoms with Crippen LogP contribution in [0.25, 0.3) is 0 Å². The Bertz CT molecular complexity index is 1080. The van der Waals surface area contributed by atoms with E-state index in [4.69, 9.17) is 10.2 Å². The van der Waals surface area contributed by atoms with Crippen molar-refractivity contribution in [2.75, 3.05) is 1.33 Å². The maximum absolute atomic E-state index is 10.3. The first-order chi connectivity index (χ1) is 17.8. The van der Waals surface area contributed by atoms with Gasteiger partial charge in [-0.25, -0.2) is 9.59 Å². The zero-order valence-corrected chi connectivity index (χ0v) is 28.7. The normalized spacial score (nSPS) is 8.61. The maximum atomic E-state index is 10.3. The summed E-state index contributed by atoms with van der Waals surface area (Å²) in [5.41, 5.74) is 1.42. The van der Waals surface area contributed by atoms with E-state index >= 15 is 0 Å². The molecule has 2 aromatic carbocycles. The predicted molar refractivity (Wildman–Crippen MR) is 159 cm³/mol. The molecule has 0 saturated heterocycles. The van der Waals surface area contributed by atoms with Gasteiger partial charge in [-0.2, -0.15) is 46.2 Å². The van der Waals surface area contributed by atoms with Crippen molar-refractivity contribution < 1.29 is 39.3 Å². The van der Waals surface area contributed by atoms with Crippen molar-refractivity contribution in [2.24, 2.45) is 0 Å². The topological polar surface area (TPSA) is 203 Å². The minimum Gasteiger partial charge on any atom is -0.478 e. The van der Waals surface area contributed by atoms with E-state index in [9.17, 15) is 9.59 Å². The van der Waals surface area contributed by atoms with Gasteiger partial charge in [0.05, 0.1) is 99.7 Å². The third-order valence-corrected chi connectivity index (χ3v) is 5.36. The van der Waals surface area contributed by atoms with Crippen molar-refractivity contribution in [1.29, 1.82) is 0 Å². The van der Waals surface area contributed by atoms with Crippen LogP contribution in [0.4, 0.5) is 5.69 Å². The van der Waals surface area contributed by atoms with E-state index in [1.54, 1.807) is 37.2 Å². The first-order valence-corrected chi connectivity index (χ1v) is 12.7. The zero-order chi connectivity index (χ0) is 27.3. The Morgan fingerprint density at radius 3 is 1.13 bits per heavy atom. The molecule has 0 amide bonds. The van der Waals surface area contributed by atoms with Crippen LogP contribution in [-0.4, -0.2) is 68.4 Å². The van der Waals surface area contributed by atoms with Gasteiger partial charge in [0.2, 0.25) is 0 Å². The van der Waals surface area contributed by atoms with E-state index in [1.807, 2.05) is 12.1 Å². The Hall–Kier alpha value is -2.59. The number of H-pyrrole nitrogens is 3. The number of carbonyl (C=O) groups is 2. The number of carboxylic acids is 2. The van der Waals surface area contributed by atoms with Gasteiger partial charge >= 0.3 is 11.9 Å². The van der Waals surface area contributed by atoms with Crippen LogP contribution in [0.5, 0.6) is 0 Å². The van der Waals surface area contributed by atoms with Crippen LogP contribution in [0.2, 0.25) is 0 Å². The first-order valence-electron chi connectivity index (χ1n) is 9.65. The second kappa shape index (κ2) is 22.4. The van der Waals surface area contributed by atoms with Gasteiger partial charge in [-0.15, -0.1) is 0 Å². The summed E-state index contributed by atoms with van der Waals surface area (Å²) in [5, 5.41) is 44.9. The number of para-hydroxylation sites is 1. The van der Waals surface area contributed by atoms with Crippen molar-refractivity contribution in [2.45, 2.75) is 0 Å². The molecule has 0 unspecified atom stereocenters. The molecule has 3 heterocycles. The molecule has 38 heavy (non-hydrogen) atoms. The van der Waals surface area contributed by atoms with Crippen LogP contribution in [0.15, 0.2) is 85.7 Å². The van der Waals surface area contributed by atoms with E-state index in [0.29, 0.717) is 0 Å². The van der Waals surface area contributed by atoms with Gasteiger partial charge < -0.3 is 10.2 Å². The third kappa shape index (κ3) is 17.0. The number of aromatic carboxylic acids is 2. The summed E-state index contributed by atoms with van der Waals surface area (Å²) in [6.45, 7) is 0. The monoisotopic (exact) mass is 908 g/mol. The number of hydrogen-bond acceptors (Lipinski definition) is 9. The van der Waals surface area contributed by atoms with Crippen LogP contribution in [0.3, 0.4) is 0 Å². The van der Waals surface area contributed by atoms with Gasteiger partial charge in [0, 0.05) is 23.0 Å². The molecule has 14 nitrogen and oxygen atoms in total. The van der Waals surface area contributed by atoms with E-state index in [2.05, 4.69) is 128 Å². The molecule has 0 aliphatic heterocycles. The van der Waals surface area contributed by atoms with Gasteiger partial charge in [-0.3, -0.25) is 1.33 Å². The number of rotatable bonds is 3. The number of nitrogens with zero attached hydrogens (tertiary/aromatic N) is 7. The first kappa shape index (κ1) is 35.4. The minimum atomic E-state index is -1.06. The number of aromatic amines is 3. The standard InChI is InChI=1S/C8H6O4.C6H4I3N.3C2H3N3.Zn/c9-7(10)5-1-2-6(4-3-5)8(11)12;7-5-3-1-2-4-6(5)10(8)9;3*1-2-4-5-3-1;/h1-4H,(H,9,10)(H,11,12);1-4H;3*1-2H,(H,3,4,5);. The largest absolute Gasteiger partial charge is 0.478 e. The molecule has 0 fully saturated rings. The van der Waals surface area contributed by atoms with Crippen molar-refractivity contribution in [3.8, 4) is 0 Å². The number of nitrogens with one attached hydrogen (secondary N) is 3. The second-order valence-corrected chi connectivity index (χ2v) is 10.8. The molecule has 0 saturated carbocycles. The van der Waals surface area contributed by atoms with Crippen molar-refractivity contribution in [3.05, 3.63) is 100 Å². The molecule has 0 atom stereocenters. The van der Waals surface area contributed by atoms with E-state index in [1.165, 1.54) is 33.5 Å². The van der Waals surface area contributed by atoms with Gasteiger partial charge in [-0.1, -0.05) is 12.1 Å². The molecule has 0 spiro atoms. The molecule has 0 bridgehead atoms.